The number of hydrazone groups is 1. The van der Waals surface area contributed by atoms with Gasteiger partial charge in [0.15, 0.2) is 0 Å². The van der Waals surface area contributed by atoms with E-state index in [0.29, 0.717) is 15.6 Å². The molecule has 0 radical (unpaired) electrons. The van der Waals surface area contributed by atoms with Crippen molar-refractivity contribution in [1.29, 1.82) is 0 Å². The lowest BCUT2D eigenvalue weighted by Gasteiger charge is -2.36. The number of ether oxygens (including phenoxy) is 1. The van der Waals surface area contributed by atoms with E-state index < -0.39 is 0 Å². The van der Waals surface area contributed by atoms with Gasteiger partial charge in [0.2, 0.25) is 0 Å². The SMILES string of the molecule is COc1ccccc1N1CCN(Cc2ccc(C(=O)N/N=C\c3cc(C)n(-c4cccc(Cl)c4Cl)c3C)cc2)CC1. The van der Waals surface area contributed by atoms with Gasteiger partial charge in [-0.1, -0.05) is 53.5 Å². The molecule has 0 unspecified atom stereocenters. The summed E-state index contributed by atoms with van der Waals surface area (Å²) in [5.41, 5.74) is 9.11. The van der Waals surface area contributed by atoms with Crippen LogP contribution in [0.5, 0.6) is 5.75 Å². The summed E-state index contributed by atoms with van der Waals surface area (Å²) in [6.07, 6.45) is 1.65. The zero-order valence-corrected chi connectivity index (χ0v) is 24.9. The van der Waals surface area contributed by atoms with Gasteiger partial charge in [0.25, 0.3) is 5.91 Å². The molecule has 0 aliphatic carbocycles. The van der Waals surface area contributed by atoms with Crippen LogP contribution in [0, 0.1) is 13.8 Å². The molecular formula is C32H33Cl2N5O2. The highest BCUT2D eigenvalue weighted by atomic mass is 35.5. The van der Waals surface area contributed by atoms with Crippen molar-refractivity contribution in [3.8, 4) is 11.4 Å². The molecule has 9 heteroatoms. The van der Waals surface area contributed by atoms with E-state index in [1.54, 1.807) is 19.4 Å². The maximum atomic E-state index is 12.7. The van der Waals surface area contributed by atoms with Crippen LogP contribution in [0.3, 0.4) is 0 Å². The molecular weight excluding hydrogens is 557 g/mol. The fourth-order valence-electron chi connectivity index (χ4n) is 5.24. The Hall–Kier alpha value is -3.78. The Morgan fingerprint density at radius 2 is 1.66 bits per heavy atom. The van der Waals surface area contributed by atoms with Crippen LogP contribution in [-0.4, -0.2) is 54.9 Å². The molecule has 1 aliphatic rings. The standard InChI is InChI=1S/C32H33Cl2N5O2/c1-22-19-26(23(2)39(22)29-9-6-7-27(33)31(29)34)20-35-36-32(40)25-13-11-24(12-14-25)21-37-15-17-38(18-16-37)28-8-4-5-10-30(28)41-3/h4-14,19-20H,15-18,21H2,1-3H3,(H,36,40)/b35-20-. The topological polar surface area (TPSA) is 62.1 Å². The Labute approximate surface area is 250 Å². The predicted molar refractivity (Wildman–Crippen MR) is 167 cm³/mol. The minimum Gasteiger partial charge on any atom is -0.495 e. The molecule has 1 aliphatic heterocycles. The van der Waals surface area contributed by atoms with Gasteiger partial charge in [0.1, 0.15) is 5.75 Å². The smallest absolute Gasteiger partial charge is 0.271 e. The average Bonchev–Trinajstić information content (AvgIpc) is 3.27. The number of carbonyl (C=O) groups is 1. The maximum Gasteiger partial charge on any atom is 0.271 e. The van der Waals surface area contributed by atoms with E-state index in [2.05, 4.69) is 26.4 Å². The van der Waals surface area contributed by atoms with Crippen molar-refractivity contribution in [2.45, 2.75) is 20.4 Å². The number of anilines is 1. The van der Waals surface area contributed by atoms with Crippen molar-refractivity contribution in [3.05, 3.63) is 111 Å². The zero-order chi connectivity index (χ0) is 28.9. The average molecular weight is 591 g/mol. The molecule has 2 heterocycles. The molecule has 3 aromatic carbocycles. The van der Waals surface area contributed by atoms with Crippen molar-refractivity contribution in [2.75, 3.05) is 38.2 Å². The first kappa shape index (κ1) is 28.7. The molecule has 7 nitrogen and oxygen atoms in total. The van der Waals surface area contributed by atoms with Gasteiger partial charge in [-0.3, -0.25) is 9.69 Å². The molecule has 1 amide bonds. The first-order valence-electron chi connectivity index (χ1n) is 13.5. The van der Waals surface area contributed by atoms with Gasteiger partial charge in [-0.05, 0) is 61.9 Å². The molecule has 0 spiro atoms. The maximum absolute atomic E-state index is 12.7. The summed E-state index contributed by atoms with van der Waals surface area (Å²) >= 11 is 12.7. The van der Waals surface area contributed by atoms with Crippen molar-refractivity contribution < 1.29 is 9.53 Å². The molecule has 0 saturated carbocycles. The van der Waals surface area contributed by atoms with Gasteiger partial charge in [0, 0.05) is 55.2 Å². The van der Waals surface area contributed by atoms with E-state index in [1.165, 1.54) is 5.56 Å². The minimum absolute atomic E-state index is 0.259. The van der Waals surface area contributed by atoms with Crippen LogP contribution >= 0.6 is 23.2 Å². The number of piperazine rings is 1. The predicted octanol–water partition coefficient (Wildman–Crippen LogP) is 6.50. The summed E-state index contributed by atoms with van der Waals surface area (Å²) in [6, 6.07) is 23.4. The second-order valence-corrected chi connectivity index (χ2v) is 10.9. The number of halogens is 2. The third kappa shape index (κ3) is 6.43. The second kappa shape index (κ2) is 12.8. The normalized spacial score (nSPS) is 14.0. The lowest BCUT2D eigenvalue weighted by atomic mass is 10.1. The number of carbonyl (C=O) groups excluding carboxylic acids is 1. The number of amides is 1. The molecule has 0 atom stereocenters. The van der Waals surface area contributed by atoms with E-state index >= 15 is 0 Å². The Morgan fingerprint density at radius 3 is 2.39 bits per heavy atom. The molecule has 5 rings (SSSR count). The third-order valence-corrected chi connectivity index (χ3v) is 8.24. The molecule has 1 N–H and O–H groups in total. The van der Waals surface area contributed by atoms with E-state index in [0.717, 1.165) is 66.8 Å². The number of aromatic nitrogens is 1. The number of nitrogens with zero attached hydrogens (tertiary/aromatic N) is 4. The van der Waals surface area contributed by atoms with Crippen LogP contribution < -0.4 is 15.1 Å². The van der Waals surface area contributed by atoms with Gasteiger partial charge in [0.05, 0.1) is 34.7 Å². The Morgan fingerprint density at radius 1 is 0.951 bits per heavy atom. The monoisotopic (exact) mass is 589 g/mol. The van der Waals surface area contributed by atoms with E-state index in [-0.39, 0.29) is 5.91 Å². The Balaban J connectivity index is 1.15. The van der Waals surface area contributed by atoms with Crippen molar-refractivity contribution in [2.24, 2.45) is 5.10 Å². The lowest BCUT2D eigenvalue weighted by molar-refractivity contribution is 0.0955. The molecule has 41 heavy (non-hydrogen) atoms. The Bertz CT molecular complexity index is 1560. The molecule has 1 saturated heterocycles. The van der Waals surface area contributed by atoms with Crippen LogP contribution in [0.15, 0.2) is 77.9 Å². The Kier molecular flexibility index (Phi) is 8.98. The highest BCUT2D eigenvalue weighted by Gasteiger charge is 2.20. The third-order valence-electron chi connectivity index (χ3n) is 7.43. The van der Waals surface area contributed by atoms with Gasteiger partial charge < -0.3 is 14.2 Å². The first-order chi connectivity index (χ1) is 19.9. The van der Waals surface area contributed by atoms with Gasteiger partial charge in [-0.25, -0.2) is 5.43 Å². The zero-order valence-electron chi connectivity index (χ0n) is 23.4. The van der Waals surface area contributed by atoms with Crippen molar-refractivity contribution >= 4 is 41.0 Å². The number of aryl methyl sites for hydroxylation is 1. The quantitative estimate of drug-likeness (QED) is 0.188. The van der Waals surface area contributed by atoms with E-state index in [1.807, 2.05) is 79.1 Å². The summed E-state index contributed by atoms with van der Waals surface area (Å²) in [5, 5.41) is 5.20. The number of para-hydroxylation sites is 2. The number of rotatable bonds is 8. The molecule has 212 valence electrons. The minimum atomic E-state index is -0.259. The summed E-state index contributed by atoms with van der Waals surface area (Å²) in [6.45, 7) is 8.59. The number of nitrogens with one attached hydrogen (secondary N) is 1. The molecule has 0 bridgehead atoms. The number of hydrogen-bond acceptors (Lipinski definition) is 5. The number of benzene rings is 3. The van der Waals surface area contributed by atoms with Crippen molar-refractivity contribution in [1.82, 2.24) is 14.9 Å². The van der Waals surface area contributed by atoms with E-state index in [4.69, 9.17) is 27.9 Å². The van der Waals surface area contributed by atoms with Crippen LogP contribution in [0.4, 0.5) is 5.69 Å². The van der Waals surface area contributed by atoms with Crippen molar-refractivity contribution in [3.63, 3.8) is 0 Å². The van der Waals surface area contributed by atoms with Gasteiger partial charge in [-0.15, -0.1) is 0 Å². The lowest BCUT2D eigenvalue weighted by Crippen LogP contribution is -2.46. The van der Waals surface area contributed by atoms with Gasteiger partial charge in [-0.2, -0.15) is 5.10 Å². The molecule has 1 aromatic heterocycles. The second-order valence-electron chi connectivity index (χ2n) is 10.1. The molecule has 1 fully saturated rings. The number of methoxy groups -OCH3 is 1. The fraction of sp³-hybridized carbons (Fsp3) is 0.250. The van der Waals surface area contributed by atoms with Crippen LogP contribution in [0.25, 0.3) is 5.69 Å². The highest BCUT2D eigenvalue weighted by molar-refractivity contribution is 6.43. The highest BCUT2D eigenvalue weighted by Crippen LogP contribution is 2.31. The summed E-state index contributed by atoms with van der Waals surface area (Å²) in [4.78, 5) is 17.5. The van der Waals surface area contributed by atoms with Crippen LogP contribution in [0.2, 0.25) is 10.0 Å². The van der Waals surface area contributed by atoms with Gasteiger partial charge >= 0.3 is 0 Å². The summed E-state index contributed by atoms with van der Waals surface area (Å²) in [7, 11) is 1.71. The largest absolute Gasteiger partial charge is 0.495 e. The summed E-state index contributed by atoms with van der Waals surface area (Å²) in [5.74, 6) is 0.648. The number of hydrogen-bond donors (Lipinski definition) is 1. The fourth-order valence-corrected chi connectivity index (χ4v) is 5.62. The summed E-state index contributed by atoms with van der Waals surface area (Å²) < 4.78 is 7.55. The molecule has 4 aromatic rings. The van der Waals surface area contributed by atoms with Crippen LogP contribution in [0.1, 0.15) is 32.9 Å². The first-order valence-corrected chi connectivity index (χ1v) is 14.3. The van der Waals surface area contributed by atoms with E-state index in [9.17, 15) is 4.79 Å². The van der Waals surface area contributed by atoms with Crippen LogP contribution in [-0.2, 0) is 6.54 Å².